The van der Waals surface area contributed by atoms with Crippen LogP contribution in [0.5, 0.6) is 0 Å². The largest absolute Gasteiger partial charge is 0.388 e. The highest BCUT2D eigenvalue weighted by Gasteiger charge is 2.42. The van der Waals surface area contributed by atoms with Gasteiger partial charge in [-0.2, -0.15) is 0 Å². The number of benzene rings is 2. The van der Waals surface area contributed by atoms with E-state index in [0.717, 1.165) is 41.2 Å². The first-order chi connectivity index (χ1) is 16.9. The van der Waals surface area contributed by atoms with Crippen LogP contribution in [0.25, 0.3) is 11.1 Å². The van der Waals surface area contributed by atoms with Crippen molar-refractivity contribution in [2.45, 2.75) is 44.4 Å². The Morgan fingerprint density at radius 1 is 1.06 bits per heavy atom. The van der Waals surface area contributed by atoms with Gasteiger partial charge in [0.25, 0.3) is 0 Å². The first-order valence-electron chi connectivity index (χ1n) is 12.0. The molecule has 0 saturated carbocycles. The lowest BCUT2D eigenvalue weighted by Crippen LogP contribution is -2.31. The number of aliphatic hydroxyl groups excluding tert-OH is 2. The van der Waals surface area contributed by atoms with Crippen LogP contribution < -0.4 is 5.43 Å². The molecule has 1 fully saturated rings. The standard InChI is InChI=1S/C27H33N5O3/c1-18-24(33)25(34)27(35-18)32-16-22(20-7-5-4-6-8-20)23-15-31(17-28-26(23)32)29-21-11-9-19(10-12-21)13-14-30(2)3/h4-12,16-18,24-25,27,29,33-34H,13-15H2,1-3H3/t18-,24-,25-,27-/m1/s1. The first-order valence-corrected chi connectivity index (χ1v) is 12.0. The Morgan fingerprint density at radius 2 is 1.80 bits per heavy atom. The van der Waals surface area contributed by atoms with E-state index in [4.69, 9.17) is 9.73 Å². The number of hydrazine groups is 1. The number of aliphatic hydroxyl groups is 2. The average molecular weight is 476 g/mol. The molecule has 8 nitrogen and oxygen atoms in total. The van der Waals surface area contributed by atoms with Crippen LogP contribution in [0.4, 0.5) is 11.5 Å². The van der Waals surface area contributed by atoms with E-state index < -0.39 is 24.5 Å². The van der Waals surface area contributed by atoms with Gasteiger partial charge in [0.15, 0.2) is 6.23 Å². The van der Waals surface area contributed by atoms with Crippen LogP contribution >= 0.6 is 0 Å². The summed E-state index contributed by atoms with van der Waals surface area (Å²) in [6.45, 7) is 3.37. The van der Waals surface area contributed by atoms with Gasteiger partial charge in [0.2, 0.25) is 0 Å². The van der Waals surface area contributed by atoms with Crippen LogP contribution in [0.3, 0.4) is 0 Å². The summed E-state index contributed by atoms with van der Waals surface area (Å²) in [6, 6.07) is 18.6. The van der Waals surface area contributed by atoms with Gasteiger partial charge in [0.05, 0.1) is 18.3 Å². The monoisotopic (exact) mass is 475 g/mol. The second-order valence-corrected chi connectivity index (χ2v) is 9.57. The smallest absolute Gasteiger partial charge is 0.164 e. The number of aliphatic imine (C=N–C) groups is 1. The minimum Gasteiger partial charge on any atom is -0.388 e. The van der Waals surface area contributed by atoms with E-state index >= 15 is 0 Å². The van der Waals surface area contributed by atoms with Gasteiger partial charge in [-0.05, 0) is 50.7 Å². The van der Waals surface area contributed by atoms with E-state index in [0.29, 0.717) is 6.54 Å². The lowest BCUT2D eigenvalue weighted by atomic mass is 10.0. The number of hydrogen-bond donors (Lipinski definition) is 3. The molecule has 184 valence electrons. The highest BCUT2D eigenvalue weighted by atomic mass is 16.6. The number of aromatic nitrogens is 1. The van der Waals surface area contributed by atoms with Crippen LogP contribution in [0, 0.1) is 0 Å². The van der Waals surface area contributed by atoms with E-state index in [1.54, 1.807) is 13.3 Å². The first kappa shape index (κ1) is 23.6. The zero-order valence-electron chi connectivity index (χ0n) is 20.4. The van der Waals surface area contributed by atoms with Gasteiger partial charge in [-0.15, -0.1) is 0 Å². The van der Waals surface area contributed by atoms with E-state index in [1.807, 2.05) is 34.0 Å². The summed E-state index contributed by atoms with van der Waals surface area (Å²) in [5, 5.41) is 22.8. The Bertz CT molecular complexity index is 1180. The molecule has 35 heavy (non-hydrogen) atoms. The Labute approximate surface area is 206 Å². The molecule has 3 heterocycles. The van der Waals surface area contributed by atoms with Gasteiger partial charge in [0, 0.05) is 23.9 Å². The van der Waals surface area contributed by atoms with Crippen molar-refractivity contribution in [3.05, 3.63) is 71.9 Å². The molecule has 3 N–H and O–H groups in total. The molecule has 5 rings (SSSR count). The summed E-state index contributed by atoms with van der Waals surface area (Å²) >= 11 is 0. The van der Waals surface area contributed by atoms with Gasteiger partial charge in [-0.1, -0.05) is 42.5 Å². The number of fused-ring (bicyclic) bond motifs is 1. The number of nitrogens with one attached hydrogen (secondary N) is 1. The van der Waals surface area contributed by atoms with Crippen molar-refractivity contribution in [3.63, 3.8) is 0 Å². The number of anilines is 1. The molecular weight excluding hydrogens is 442 g/mol. The van der Waals surface area contributed by atoms with Crippen LogP contribution in [-0.2, 0) is 17.7 Å². The van der Waals surface area contributed by atoms with Crippen LogP contribution in [-0.4, -0.2) is 70.0 Å². The maximum atomic E-state index is 10.6. The Kier molecular flexibility index (Phi) is 6.62. The minimum atomic E-state index is -1.03. The van der Waals surface area contributed by atoms with Crippen molar-refractivity contribution in [3.8, 4) is 11.1 Å². The lowest BCUT2D eigenvalue weighted by Gasteiger charge is -2.26. The Hall–Kier alpha value is -3.17. The molecule has 1 saturated heterocycles. The quantitative estimate of drug-likeness (QED) is 0.486. The zero-order chi connectivity index (χ0) is 24.5. The molecule has 4 atom stereocenters. The summed E-state index contributed by atoms with van der Waals surface area (Å²) in [6.07, 6.45) is 1.62. The maximum absolute atomic E-state index is 10.6. The highest BCUT2D eigenvalue weighted by Crippen LogP contribution is 2.41. The summed E-state index contributed by atoms with van der Waals surface area (Å²) in [4.78, 5) is 6.92. The summed E-state index contributed by atoms with van der Waals surface area (Å²) in [7, 11) is 4.16. The molecule has 0 spiro atoms. The van der Waals surface area contributed by atoms with Gasteiger partial charge < -0.3 is 24.4 Å². The molecule has 2 aliphatic rings. The predicted molar refractivity (Wildman–Crippen MR) is 137 cm³/mol. The Morgan fingerprint density at radius 3 is 2.46 bits per heavy atom. The number of likely N-dealkylation sites (N-methyl/N-ethyl adjacent to an activating group) is 1. The third-order valence-corrected chi connectivity index (χ3v) is 6.67. The molecular formula is C27H33N5O3. The van der Waals surface area contributed by atoms with Crippen molar-refractivity contribution < 1.29 is 14.9 Å². The molecule has 2 aliphatic heterocycles. The molecule has 1 aromatic heterocycles. The normalized spacial score (nSPS) is 23.7. The molecule has 0 radical (unpaired) electrons. The predicted octanol–water partition coefficient (Wildman–Crippen LogP) is 3.40. The molecule has 0 bridgehead atoms. The van der Waals surface area contributed by atoms with Crippen LogP contribution in [0.15, 0.2) is 65.8 Å². The molecule has 8 heteroatoms. The fourth-order valence-corrected chi connectivity index (χ4v) is 4.64. The zero-order valence-corrected chi connectivity index (χ0v) is 20.4. The molecule has 0 amide bonds. The second kappa shape index (κ2) is 9.83. The van der Waals surface area contributed by atoms with E-state index in [9.17, 15) is 10.2 Å². The van der Waals surface area contributed by atoms with E-state index in [1.165, 1.54) is 5.56 Å². The number of hydrogen-bond acceptors (Lipinski definition) is 7. The van der Waals surface area contributed by atoms with E-state index in [-0.39, 0.29) is 0 Å². The maximum Gasteiger partial charge on any atom is 0.164 e. The molecule has 3 aromatic rings. The lowest BCUT2D eigenvalue weighted by molar-refractivity contribution is -0.0308. The summed E-state index contributed by atoms with van der Waals surface area (Å²) < 4.78 is 7.76. The van der Waals surface area contributed by atoms with Crippen molar-refractivity contribution in [2.24, 2.45) is 4.99 Å². The number of nitrogens with zero attached hydrogens (tertiary/aromatic N) is 4. The minimum absolute atomic E-state index is 0.459. The third kappa shape index (κ3) is 4.83. The van der Waals surface area contributed by atoms with Crippen molar-refractivity contribution >= 4 is 17.8 Å². The summed E-state index contributed by atoms with van der Waals surface area (Å²) in [5.41, 5.74) is 8.83. The summed E-state index contributed by atoms with van der Waals surface area (Å²) in [5.74, 6) is 0.728. The molecule has 0 unspecified atom stereocenters. The van der Waals surface area contributed by atoms with Crippen LogP contribution in [0.2, 0.25) is 0 Å². The molecule has 2 aromatic carbocycles. The number of ether oxygens (including phenoxy) is 1. The van der Waals surface area contributed by atoms with Crippen molar-refractivity contribution in [1.29, 1.82) is 0 Å². The Balaban J connectivity index is 1.40. The molecule has 0 aliphatic carbocycles. The van der Waals surface area contributed by atoms with Crippen molar-refractivity contribution in [1.82, 2.24) is 14.5 Å². The van der Waals surface area contributed by atoms with Gasteiger partial charge in [0.1, 0.15) is 24.4 Å². The second-order valence-electron chi connectivity index (χ2n) is 9.57. The SMILES string of the molecule is C[C@H]1O[C@@H](n2cc(-c3ccccc3)c3c2N=CN(Nc2ccc(CCN(C)C)cc2)C3)[C@H](O)[C@@H]1O. The van der Waals surface area contributed by atoms with E-state index in [2.05, 4.69) is 60.8 Å². The van der Waals surface area contributed by atoms with Gasteiger partial charge >= 0.3 is 0 Å². The number of rotatable bonds is 7. The highest BCUT2D eigenvalue weighted by molar-refractivity contribution is 5.77. The van der Waals surface area contributed by atoms with Gasteiger partial charge in [-0.25, -0.2) is 4.99 Å². The third-order valence-electron chi connectivity index (χ3n) is 6.67. The average Bonchev–Trinajstić information content (AvgIpc) is 3.36. The fraction of sp³-hybridized carbons (Fsp3) is 0.370. The van der Waals surface area contributed by atoms with Crippen molar-refractivity contribution in [2.75, 3.05) is 26.1 Å². The fourth-order valence-electron chi connectivity index (χ4n) is 4.64. The topological polar surface area (TPSA) is 85.5 Å². The van der Waals surface area contributed by atoms with Gasteiger partial charge in [-0.3, -0.25) is 10.4 Å². The van der Waals surface area contributed by atoms with Crippen LogP contribution in [0.1, 0.15) is 24.3 Å².